The van der Waals surface area contributed by atoms with E-state index in [0.717, 1.165) is 18.4 Å². The third-order valence-electron chi connectivity index (χ3n) is 3.22. The molecule has 0 aliphatic carbocycles. The number of hydrogen-bond donors (Lipinski definition) is 2. The summed E-state index contributed by atoms with van der Waals surface area (Å²) >= 11 is 4.14. The first-order chi connectivity index (χ1) is 11.5. The van der Waals surface area contributed by atoms with Gasteiger partial charge in [-0.05, 0) is 30.2 Å². The van der Waals surface area contributed by atoms with E-state index in [1.165, 1.54) is 25.3 Å². The average molecular weight is 369 g/mol. The second-order valence-electron chi connectivity index (χ2n) is 4.97. The Morgan fingerprint density at radius 2 is 2.21 bits per heavy atom. The van der Waals surface area contributed by atoms with Gasteiger partial charge in [-0.2, -0.15) is 4.72 Å². The number of nitrogens with one attached hydrogen (secondary N) is 1. The zero-order valence-electron chi connectivity index (χ0n) is 13.2. The fourth-order valence-corrected chi connectivity index (χ4v) is 3.18. The predicted molar refractivity (Wildman–Crippen MR) is 93.2 cm³/mol. The van der Waals surface area contributed by atoms with Gasteiger partial charge in [0.1, 0.15) is 17.0 Å². The predicted octanol–water partition coefficient (Wildman–Crippen LogP) is 3.53. The molecule has 6 nitrogen and oxygen atoms in total. The van der Waals surface area contributed by atoms with Crippen LogP contribution in [-0.2, 0) is 17.8 Å². The van der Waals surface area contributed by atoms with E-state index in [4.69, 9.17) is 21.4 Å². The monoisotopic (exact) mass is 368 g/mol. The highest BCUT2D eigenvalue weighted by atomic mass is 35.5. The van der Waals surface area contributed by atoms with Crippen LogP contribution < -0.4 is 9.46 Å². The maximum atomic E-state index is 12.5. The number of aryl methyl sites for hydroxylation is 1. The Kier molecular flexibility index (Phi) is 6.30. The summed E-state index contributed by atoms with van der Waals surface area (Å²) in [6, 6.07) is 6.02. The summed E-state index contributed by atoms with van der Waals surface area (Å²) < 4.78 is 20.5. The van der Waals surface area contributed by atoms with Crippen LogP contribution in [0.3, 0.4) is 0 Å². The van der Waals surface area contributed by atoms with E-state index in [1.54, 1.807) is 6.20 Å². The zero-order valence-corrected chi connectivity index (χ0v) is 14.8. The second-order valence-corrected chi connectivity index (χ2v) is 6.59. The lowest BCUT2D eigenvalue weighted by Gasteiger charge is -2.15. The first kappa shape index (κ1) is 18.4. The quantitative estimate of drug-likeness (QED) is 0.726. The van der Waals surface area contributed by atoms with Crippen molar-refractivity contribution in [2.75, 3.05) is 11.8 Å². The van der Waals surface area contributed by atoms with E-state index < -0.39 is 17.3 Å². The summed E-state index contributed by atoms with van der Waals surface area (Å²) in [6.45, 7) is 2.05. The summed E-state index contributed by atoms with van der Waals surface area (Å²) in [5.41, 5.74) is 1.36. The number of rotatable bonds is 7. The van der Waals surface area contributed by atoms with Gasteiger partial charge < -0.3 is 14.4 Å². The third-order valence-corrected chi connectivity index (χ3v) is 4.64. The van der Waals surface area contributed by atoms with Gasteiger partial charge in [-0.3, -0.25) is 0 Å². The van der Waals surface area contributed by atoms with Crippen LogP contribution in [0.1, 0.15) is 29.3 Å². The fourth-order valence-electron chi connectivity index (χ4n) is 2.10. The molecule has 128 valence electrons. The smallest absolute Gasteiger partial charge is 0.337 e. The Balaban J connectivity index is 2.29. The topological polar surface area (TPSA) is 94.5 Å². The molecular formula is C16H17ClN2O4S. The van der Waals surface area contributed by atoms with E-state index in [-0.39, 0.29) is 10.6 Å². The summed E-state index contributed by atoms with van der Waals surface area (Å²) in [6.07, 6.45) is 3.50. The summed E-state index contributed by atoms with van der Waals surface area (Å²) in [7, 11) is 1.47. The van der Waals surface area contributed by atoms with Crippen LogP contribution in [0, 0.1) is 0 Å². The number of anilines is 1. The molecule has 1 atom stereocenters. The Morgan fingerprint density at radius 3 is 2.83 bits per heavy atom. The van der Waals surface area contributed by atoms with E-state index >= 15 is 0 Å². The summed E-state index contributed by atoms with van der Waals surface area (Å²) in [5, 5.41) is 9.20. The van der Waals surface area contributed by atoms with Gasteiger partial charge in [-0.25, -0.2) is 9.78 Å². The molecule has 0 aliphatic rings. The molecule has 0 bridgehead atoms. The van der Waals surface area contributed by atoms with Crippen LogP contribution in [0.25, 0.3) is 0 Å². The lowest BCUT2D eigenvalue weighted by Crippen LogP contribution is -2.15. The Bertz CT molecular complexity index is 742. The number of nitrogens with zero attached hydrogens (tertiary/aromatic N) is 1. The number of carboxylic acid groups (broad SMARTS) is 1. The third kappa shape index (κ3) is 4.31. The number of hydrogen-bond acceptors (Lipinski definition) is 5. The van der Waals surface area contributed by atoms with E-state index in [2.05, 4.69) is 16.6 Å². The first-order valence-electron chi connectivity index (χ1n) is 7.20. The number of carboxylic acids is 1. The molecule has 1 aromatic carbocycles. The first-order valence-corrected chi connectivity index (χ1v) is 8.73. The van der Waals surface area contributed by atoms with Gasteiger partial charge in [0.05, 0.1) is 17.7 Å². The number of aromatic carboxylic acids is 1. The second kappa shape index (κ2) is 8.23. The van der Waals surface area contributed by atoms with E-state index in [9.17, 15) is 9.35 Å². The van der Waals surface area contributed by atoms with Crippen molar-refractivity contribution in [2.24, 2.45) is 0 Å². The highest BCUT2D eigenvalue weighted by molar-refractivity contribution is 7.92. The highest BCUT2D eigenvalue weighted by Gasteiger charge is 2.19. The molecule has 0 saturated heterocycles. The number of methoxy groups -OCH3 is 1. The number of pyridine rings is 1. The van der Waals surface area contributed by atoms with Crippen LogP contribution in [0.5, 0.6) is 5.88 Å². The van der Waals surface area contributed by atoms with Crippen LogP contribution in [0.2, 0.25) is 5.02 Å². The Hall–Kier alpha value is -1.96. The molecule has 0 radical (unpaired) electrons. The molecule has 2 rings (SSSR count). The molecular weight excluding hydrogens is 352 g/mol. The van der Waals surface area contributed by atoms with Gasteiger partial charge >= 0.3 is 5.97 Å². The molecule has 24 heavy (non-hydrogen) atoms. The van der Waals surface area contributed by atoms with Crippen LogP contribution in [-0.4, -0.2) is 27.7 Å². The van der Waals surface area contributed by atoms with Crippen molar-refractivity contribution in [1.29, 1.82) is 0 Å². The minimum absolute atomic E-state index is 0.0902. The average Bonchev–Trinajstić information content (AvgIpc) is 2.55. The normalized spacial score (nSPS) is 11.8. The number of benzene rings is 1. The van der Waals surface area contributed by atoms with E-state index in [1.807, 2.05) is 6.07 Å². The van der Waals surface area contributed by atoms with Gasteiger partial charge in [0.15, 0.2) is 4.90 Å². The van der Waals surface area contributed by atoms with Crippen molar-refractivity contribution in [1.82, 2.24) is 4.98 Å². The van der Waals surface area contributed by atoms with Crippen LogP contribution >= 0.6 is 11.6 Å². The molecule has 0 spiro atoms. The molecule has 2 aromatic rings. The number of aromatic nitrogens is 1. The maximum Gasteiger partial charge on any atom is 0.337 e. The molecule has 0 aliphatic heterocycles. The summed E-state index contributed by atoms with van der Waals surface area (Å²) in [4.78, 5) is 15.6. The highest BCUT2D eigenvalue weighted by Crippen LogP contribution is 2.27. The van der Waals surface area contributed by atoms with E-state index in [0.29, 0.717) is 16.5 Å². The fraction of sp³-hybridized carbons (Fsp3) is 0.250. The SMILES string of the molecule is CCCc1cnc(OC)c(N[S+]([O-])c2ccc(Cl)c(C(=O)O)c2)c1. The number of ether oxygens (including phenoxy) is 1. The van der Waals surface area contributed by atoms with Gasteiger partial charge in [-0.1, -0.05) is 24.9 Å². The molecule has 1 unspecified atom stereocenters. The molecule has 0 amide bonds. The molecule has 1 aromatic heterocycles. The van der Waals surface area contributed by atoms with Crippen LogP contribution in [0.15, 0.2) is 35.4 Å². The molecule has 2 N–H and O–H groups in total. The van der Waals surface area contributed by atoms with Crippen molar-refractivity contribution in [3.63, 3.8) is 0 Å². The summed E-state index contributed by atoms with van der Waals surface area (Å²) in [5.74, 6) is -0.862. The van der Waals surface area contributed by atoms with Gasteiger partial charge in [-0.15, -0.1) is 0 Å². The van der Waals surface area contributed by atoms with Gasteiger partial charge in [0.25, 0.3) is 0 Å². The Morgan fingerprint density at radius 1 is 1.46 bits per heavy atom. The largest absolute Gasteiger partial charge is 0.588 e. The molecule has 0 saturated carbocycles. The lowest BCUT2D eigenvalue weighted by atomic mass is 10.1. The minimum Gasteiger partial charge on any atom is -0.588 e. The van der Waals surface area contributed by atoms with Gasteiger partial charge in [0, 0.05) is 12.3 Å². The Labute approximate surface area is 148 Å². The molecule has 1 heterocycles. The minimum atomic E-state index is -1.69. The maximum absolute atomic E-state index is 12.5. The number of carbonyl (C=O) groups is 1. The van der Waals surface area contributed by atoms with Crippen molar-refractivity contribution in [3.8, 4) is 5.88 Å². The van der Waals surface area contributed by atoms with Crippen molar-refractivity contribution < 1.29 is 19.2 Å². The van der Waals surface area contributed by atoms with Crippen molar-refractivity contribution in [2.45, 2.75) is 24.7 Å². The molecule has 8 heteroatoms. The zero-order chi connectivity index (χ0) is 17.7. The van der Waals surface area contributed by atoms with Gasteiger partial charge in [0.2, 0.25) is 5.88 Å². The van der Waals surface area contributed by atoms with Crippen LogP contribution in [0.4, 0.5) is 5.69 Å². The standard InChI is InChI=1S/C16H17ClN2O4S/c1-3-4-10-7-14(15(23-2)18-9-10)19-24(22)11-5-6-13(17)12(8-11)16(20)21/h5-9,19H,3-4H2,1-2H3,(H,20,21). The van der Waals surface area contributed by atoms with Crippen molar-refractivity contribution >= 4 is 34.6 Å². The molecule has 0 fully saturated rings. The number of halogens is 1. The van der Waals surface area contributed by atoms with Crippen molar-refractivity contribution in [3.05, 3.63) is 46.6 Å². The lowest BCUT2D eigenvalue weighted by molar-refractivity contribution is 0.0697.